The number of fused-ring (bicyclic) bond motifs is 1. The number of carbonyl (C=O) groups is 1. The molecule has 3 nitrogen and oxygen atoms in total. The lowest BCUT2D eigenvalue weighted by atomic mass is 9.95. The molecule has 0 aromatic heterocycles. The van der Waals surface area contributed by atoms with Crippen LogP contribution < -0.4 is 5.48 Å². The van der Waals surface area contributed by atoms with Gasteiger partial charge in [-0.25, -0.2) is 5.48 Å². The number of halogens is 3. The summed E-state index contributed by atoms with van der Waals surface area (Å²) in [5.41, 5.74) is 3.99. The second-order valence-corrected chi connectivity index (χ2v) is 5.61. The Bertz CT molecular complexity index is 738. The van der Waals surface area contributed by atoms with Gasteiger partial charge in [-0.05, 0) is 53.6 Å². The van der Waals surface area contributed by atoms with Gasteiger partial charge in [-0.1, -0.05) is 24.3 Å². The lowest BCUT2D eigenvalue weighted by Gasteiger charge is -2.12. The van der Waals surface area contributed by atoms with Crippen molar-refractivity contribution in [2.45, 2.75) is 24.9 Å². The van der Waals surface area contributed by atoms with E-state index in [1.165, 1.54) is 12.1 Å². The molecule has 6 heteroatoms. The number of amides is 1. The molecular formula is C17H14F3NO2. The van der Waals surface area contributed by atoms with E-state index in [4.69, 9.17) is 5.21 Å². The van der Waals surface area contributed by atoms with E-state index in [9.17, 15) is 18.0 Å². The normalized spacial score (nSPS) is 17.0. The second kappa shape index (κ2) is 5.70. The van der Waals surface area contributed by atoms with Crippen molar-refractivity contribution in [2.24, 2.45) is 0 Å². The largest absolute Gasteiger partial charge is 0.416 e. The summed E-state index contributed by atoms with van der Waals surface area (Å²) in [4.78, 5) is 11.7. The first-order valence-corrected chi connectivity index (χ1v) is 7.12. The van der Waals surface area contributed by atoms with Gasteiger partial charge in [-0.2, -0.15) is 13.2 Å². The molecule has 0 unspecified atom stereocenters. The molecule has 0 bridgehead atoms. The van der Waals surface area contributed by atoms with Crippen LogP contribution in [0.15, 0.2) is 42.5 Å². The second-order valence-electron chi connectivity index (χ2n) is 5.61. The van der Waals surface area contributed by atoms with Gasteiger partial charge in [0.15, 0.2) is 0 Å². The van der Waals surface area contributed by atoms with Gasteiger partial charge in [0.25, 0.3) is 5.91 Å². The van der Waals surface area contributed by atoms with E-state index < -0.39 is 17.6 Å². The summed E-state index contributed by atoms with van der Waals surface area (Å²) in [6, 6.07) is 10.4. The third kappa shape index (κ3) is 2.94. The molecule has 1 amide bonds. The number of hydrogen-bond acceptors (Lipinski definition) is 2. The quantitative estimate of drug-likeness (QED) is 0.654. The minimum Gasteiger partial charge on any atom is -0.288 e. The maximum atomic E-state index is 12.6. The highest BCUT2D eigenvalue weighted by atomic mass is 19.4. The van der Waals surface area contributed by atoms with E-state index >= 15 is 0 Å². The van der Waals surface area contributed by atoms with Crippen molar-refractivity contribution in [3.63, 3.8) is 0 Å². The number of carbonyl (C=O) groups excluding carboxylic acids is 1. The minimum absolute atomic E-state index is 0.0277. The van der Waals surface area contributed by atoms with E-state index in [-0.39, 0.29) is 5.92 Å². The van der Waals surface area contributed by atoms with Crippen molar-refractivity contribution >= 4 is 5.91 Å². The molecule has 23 heavy (non-hydrogen) atoms. The van der Waals surface area contributed by atoms with Crippen molar-refractivity contribution in [3.8, 4) is 0 Å². The molecular weight excluding hydrogens is 307 g/mol. The van der Waals surface area contributed by atoms with Gasteiger partial charge in [0, 0.05) is 5.56 Å². The molecule has 1 atom stereocenters. The Morgan fingerprint density at radius 1 is 1.09 bits per heavy atom. The summed E-state index contributed by atoms with van der Waals surface area (Å²) >= 11 is 0. The van der Waals surface area contributed by atoms with Crippen molar-refractivity contribution in [1.29, 1.82) is 0 Å². The molecule has 0 radical (unpaired) electrons. The number of alkyl halides is 3. The Morgan fingerprint density at radius 3 is 2.39 bits per heavy atom. The van der Waals surface area contributed by atoms with E-state index in [1.807, 2.05) is 6.07 Å². The van der Waals surface area contributed by atoms with Crippen LogP contribution in [0, 0.1) is 0 Å². The fourth-order valence-corrected chi connectivity index (χ4v) is 3.10. The Kier molecular flexibility index (Phi) is 3.85. The maximum Gasteiger partial charge on any atom is 0.416 e. The van der Waals surface area contributed by atoms with Crippen LogP contribution >= 0.6 is 0 Å². The van der Waals surface area contributed by atoms with Gasteiger partial charge in [0.05, 0.1) is 5.56 Å². The van der Waals surface area contributed by atoms with E-state index in [2.05, 4.69) is 0 Å². The molecule has 1 aliphatic rings. The number of nitrogens with one attached hydrogen (secondary N) is 1. The molecule has 0 fully saturated rings. The first-order valence-electron chi connectivity index (χ1n) is 7.12. The molecule has 3 rings (SSSR count). The molecule has 0 spiro atoms. The smallest absolute Gasteiger partial charge is 0.288 e. The molecule has 120 valence electrons. The first-order chi connectivity index (χ1) is 10.9. The first kappa shape index (κ1) is 15.6. The van der Waals surface area contributed by atoms with Crippen molar-refractivity contribution in [2.75, 3.05) is 0 Å². The zero-order chi connectivity index (χ0) is 16.6. The Labute approximate surface area is 130 Å². The van der Waals surface area contributed by atoms with Gasteiger partial charge in [0.1, 0.15) is 0 Å². The van der Waals surface area contributed by atoms with Gasteiger partial charge in [0.2, 0.25) is 0 Å². The van der Waals surface area contributed by atoms with Gasteiger partial charge in [-0.3, -0.25) is 10.0 Å². The van der Waals surface area contributed by atoms with E-state index in [0.29, 0.717) is 18.4 Å². The fourth-order valence-electron chi connectivity index (χ4n) is 3.10. The summed E-state index contributed by atoms with van der Waals surface area (Å²) in [6.45, 7) is 0. The number of hydrogen-bond donors (Lipinski definition) is 2. The van der Waals surface area contributed by atoms with E-state index in [0.717, 1.165) is 28.8 Å². The fraction of sp³-hybridized carbons (Fsp3) is 0.235. The van der Waals surface area contributed by atoms with Gasteiger partial charge < -0.3 is 0 Å². The highest BCUT2D eigenvalue weighted by molar-refractivity contribution is 5.95. The summed E-state index contributed by atoms with van der Waals surface area (Å²) < 4.78 is 37.9. The average Bonchev–Trinajstić information content (AvgIpc) is 2.97. The lowest BCUT2D eigenvalue weighted by molar-refractivity contribution is -0.137. The van der Waals surface area contributed by atoms with Crippen LogP contribution in [0.3, 0.4) is 0 Å². The summed E-state index contributed by atoms with van der Waals surface area (Å²) in [5, 5.41) is 8.80. The molecule has 2 N–H and O–H groups in total. The molecule has 0 heterocycles. The molecule has 0 saturated carbocycles. The maximum absolute atomic E-state index is 12.6. The van der Waals surface area contributed by atoms with Crippen LogP contribution in [0.4, 0.5) is 13.2 Å². The Morgan fingerprint density at radius 2 is 1.78 bits per heavy atom. The monoisotopic (exact) mass is 321 g/mol. The van der Waals surface area contributed by atoms with Crippen molar-refractivity contribution in [3.05, 3.63) is 70.3 Å². The minimum atomic E-state index is -4.34. The standard InChI is InChI=1S/C17H14F3NO2/c18-17(19,20)13-6-4-10(5-7-13)12-8-11-2-1-3-14(15(11)9-12)16(22)21-23/h1-7,12,23H,8-9H2,(H,21,22)/t12-/m0/s1. The van der Waals surface area contributed by atoms with E-state index in [1.54, 1.807) is 17.6 Å². The number of rotatable bonds is 2. The van der Waals surface area contributed by atoms with Crippen LogP contribution in [-0.2, 0) is 19.0 Å². The van der Waals surface area contributed by atoms with Crippen LogP contribution in [-0.4, -0.2) is 11.1 Å². The Hall–Kier alpha value is -2.34. The average molecular weight is 321 g/mol. The van der Waals surface area contributed by atoms with Crippen LogP contribution in [0.5, 0.6) is 0 Å². The third-order valence-electron chi connectivity index (χ3n) is 4.25. The summed E-state index contributed by atoms with van der Waals surface area (Å²) in [6.07, 6.45) is -3.12. The summed E-state index contributed by atoms with van der Waals surface area (Å²) in [5.74, 6) is -0.546. The predicted octanol–water partition coefficient (Wildman–Crippen LogP) is 3.71. The number of hydroxylamine groups is 1. The molecule has 2 aromatic carbocycles. The molecule has 0 saturated heterocycles. The highest BCUT2D eigenvalue weighted by Gasteiger charge is 2.31. The predicted molar refractivity (Wildman–Crippen MR) is 77.3 cm³/mol. The lowest BCUT2D eigenvalue weighted by Crippen LogP contribution is -2.20. The summed E-state index contributed by atoms with van der Waals surface area (Å²) in [7, 11) is 0. The SMILES string of the molecule is O=C(NO)c1cccc2c1C[C@@H](c1ccc(C(F)(F)F)cc1)C2. The van der Waals surface area contributed by atoms with Crippen LogP contribution in [0.1, 0.15) is 38.5 Å². The van der Waals surface area contributed by atoms with Crippen LogP contribution in [0.25, 0.3) is 0 Å². The van der Waals surface area contributed by atoms with Gasteiger partial charge in [-0.15, -0.1) is 0 Å². The third-order valence-corrected chi connectivity index (χ3v) is 4.25. The number of benzene rings is 2. The van der Waals surface area contributed by atoms with Crippen LogP contribution in [0.2, 0.25) is 0 Å². The van der Waals surface area contributed by atoms with Crippen molar-refractivity contribution in [1.82, 2.24) is 5.48 Å². The van der Waals surface area contributed by atoms with Gasteiger partial charge >= 0.3 is 6.18 Å². The molecule has 2 aromatic rings. The zero-order valence-electron chi connectivity index (χ0n) is 12.0. The molecule has 1 aliphatic carbocycles. The molecule has 0 aliphatic heterocycles. The topological polar surface area (TPSA) is 49.3 Å². The zero-order valence-corrected chi connectivity index (χ0v) is 12.0. The Balaban J connectivity index is 1.86. The van der Waals surface area contributed by atoms with Crippen molar-refractivity contribution < 1.29 is 23.2 Å². The highest BCUT2D eigenvalue weighted by Crippen LogP contribution is 2.37.